The van der Waals surface area contributed by atoms with Gasteiger partial charge in [-0.2, -0.15) is 5.10 Å². The predicted molar refractivity (Wildman–Crippen MR) is 58.8 cm³/mol. The van der Waals surface area contributed by atoms with Crippen LogP contribution in [-0.4, -0.2) is 44.4 Å². The van der Waals surface area contributed by atoms with Gasteiger partial charge in [0.15, 0.2) is 5.69 Å². The number of anilines is 1. The summed E-state index contributed by atoms with van der Waals surface area (Å²) in [5.41, 5.74) is 5.53. The first-order valence-corrected chi connectivity index (χ1v) is 5.20. The fourth-order valence-corrected chi connectivity index (χ4v) is 1.94. The van der Waals surface area contributed by atoms with E-state index in [-0.39, 0.29) is 11.6 Å². The lowest BCUT2D eigenvalue weighted by molar-refractivity contribution is 0.0569. The van der Waals surface area contributed by atoms with E-state index in [9.17, 15) is 9.90 Å². The van der Waals surface area contributed by atoms with Gasteiger partial charge in [-0.05, 0) is 13.3 Å². The zero-order valence-electron chi connectivity index (χ0n) is 9.47. The largest absolute Gasteiger partial charge is 0.396 e. The average molecular weight is 224 g/mol. The van der Waals surface area contributed by atoms with Crippen molar-refractivity contribution in [2.45, 2.75) is 18.9 Å². The van der Waals surface area contributed by atoms with Crippen LogP contribution < -0.4 is 5.73 Å². The summed E-state index contributed by atoms with van der Waals surface area (Å²) in [7, 11) is 1.72. The Kier molecular flexibility index (Phi) is 2.38. The van der Waals surface area contributed by atoms with Crippen molar-refractivity contribution >= 4 is 11.6 Å². The van der Waals surface area contributed by atoms with Crippen molar-refractivity contribution in [3.05, 3.63) is 11.9 Å². The van der Waals surface area contributed by atoms with E-state index in [4.69, 9.17) is 5.73 Å². The number of rotatable bonds is 1. The Morgan fingerprint density at radius 1 is 1.69 bits per heavy atom. The molecule has 0 saturated carbocycles. The minimum atomic E-state index is -0.792. The van der Waals surface area contributed by atoms with E-state index in [0.717, 1.165) is 0 Å². The van der Waals surface area contributed by atoms with Crippen LogP contribution in [0.25, 0.3) is 0 Å². The maximum atomic E-state index is 12.0. The Balaban J connectivity index is 2.18. The molecule has 2 heterocycles. The molecule has 0 radical (unpaired) electrons. The summed E-state index contributed by atoms with van der Waals surface area (Å²) in [4.78, 5) is 13.6. The molecule has 0 aromatic carbocycles. The summed E-state index contributed by atoms with van der Waals surface area (Å²) in [6.45, 7) is 2.60. The van der Waals surface area contributed by atoms with Crippen molar-refractivity contribution in [3.63, 3.8) is 0 Å². The summed E-state index contributed by atoms with van der Waals surface area (Å²) in [5, 5.41) is 13.8. The van der Waals surface area contributed by atoms with Crippen molar-refractivity contribution in [1.29, 1.82) is 0 Å². The van der Waals surface area contributed by atoms with Gasteiger partial charge in [0.25, 0.3) is 5.91 Å². The molecule has 0 spiro atoms. The quantitative estimate of drug-likeness (QED) is 0.679. The lowest BCUT2D eigenvalue weighted by Gasteiger charge is -2.18. The van der Waals surface area contributed by atoms with Crippen LogP contribution >= 0.6 is 0 Å². The number of aliphatic hydroxyl groups is 1. The second kappa shape index (κ2) is 3.48. The number of carbonyl (C=O) groups is 1. The van der Waals surface area contributed by atoms with Gasteiger partial charge in [0, 0.05) is 26.3 Å². The third-order valence-electron chi connectivity index (χ3n) is 2.80. The minimum absolute atomic E-state index is 0.212. The molecule has 1 saturated heterocycles. The Morgan fingerprint density at radius 2 is 2.38 bits per heavy atom. The highest BCUT2D eigenvalue weighted by Gasteiger charge is 2.35. The van der Waals surface area contributed by atoms with E-state index in [1.165, 1.54) is 4.68 Å². The third-order valence-corrected chi connectivity index (χ3v) is 2.80. The first kappa shape index (κ1) is 10.9. The fraction of sp³-hybridized carbons (Fsp3) is 0.600. The van der Waals surface area contributed by atoms with Gasteiger partial charge in [-0.3, -0.25) is 9.48 Å². The van der Waals surface area contributed by atoms with Gasteiger partial charge in [-0.25, -0.2) is 0 Å². The Hall–Kier alpha value is -1.56. The van der Waals surface area contributed by atoms with Gasteiger partial charge in [-0.15, -0.1) is 0 Å². The van der Waals surface area contributed by atoms with Crippen LogP contribution in [0.3, 0.4) is 0 Å². The van der Waals surface area contributed by atoms with Gasteiger partial charge < -0.3 is 15.7 Å². The van der Waals surface area contributed by atoms with Crippen LogP contribution in [0.1, 0.15) is 23.8 Å². The molecular formula is C10H16N4O2. The molecule has 1 amide bonds. The van der Waals surface area contributed by atoms with Crippen LogP contribution in [-0.2, 0) is 7.05 Å². The highest BCUT2D eigenvalue weighted by Crippen LogP contribution is 2.23. The number of likely N-dealkylation sites (tertiary alicyclic amines) is 1. The van der Waals surface area contributed by atoms with Gasteiger partial charge in [0.2, 0.25) is 0 Å². The van der Waals surface area contributed by atoms with Crippen molar-refractivity contribution in [2.24, 2.45) is 7.05 Å². The number of aryl methyl sites for hydroxylation is 1. The Morgan fingerprint density at radius 3 is 2.81 bits per heavy atom. The summed E-state index contributed by atoms with van der Waals surface area (Å²) in [6.07, 6.45) is 2.19. The molecule has 1 aromatic heterocycles. The second-order valence-corrected chi connectivity index (χ2v) is 4.58. The first-order chi connectivity index (χ1) is 7.39. The van der Waals surface area contributed by atoms with Gasteiger partial charge in [-0.1, -0.05) is 0 Å². The summed E-state index contributed by atoms with van der Waals surface area (Å²) >= 11 is 0. The van der Waals surface area contributed by atoms with E-state index in [1.54, 1.807) is 25.1 Å². The van der Waals surface area contributed by atoms with Crippen molar-refractivity contribution in [3.8, 4) is 0 Å². The third kappa shape index (κ3) is 1.88. The normalized spacial score (nSPS) is 25.1. The number of amides is 1. The number of nitrogens with zero attached hydrogens (tertiary/aromatic N) is 3. The lowest BCUT2D eigenvalue weighted by atomic mass is 10.1. The van der Waals surface area contributed by atoms with Gasteiger partial charge in [0.1, 0.15) is 0 Å². The summed E-state index contributed by atoms with van der Waals surface area (Å²) in [5.74, 6) is -0.212. The Bertz CT molecular complexity index is 424. The van der Waals surface area contributed by atoms with Gasteiger partial charge in [0.05, 0.1) is 11.3 Å². The van der Waals surface area contributed by atoms with E-state index in [0.29, 0.717) is 25.2 Å². The molecule has 1 aliphatic heterocycles. The number of β-amino-alcohol motifs (C(OH)–C–C–N with tert-alkyl or cyclic N) is 1. The van der Waals surface area contributed by atoms with Crippen LogP contribution in [0.5, 0.6) is 0 Å². The monoisotopic (exact) mass is 224 g/mol. The van der Waals surface area contributed by atoms with E-state index >= 15 is 0 Å². The molecule has 1 aromatic rings. The standard InChI is InChI=1S/C10H16N4O2/c1-10(16)3-4-14(6-10)9(15)8-7(11)5-13(2)12-8/h5,16H,3-4,6,11H2,1-2H3. The number of hydrogen-bond acceptors (Lipinski definition) is 4. The predicted octanol–water partition coefficient (Wildman–Crippen LogP) is -0.401. The topological polar surface area (TPSA) is 84.4 Å². The number of hydrogen-bond donors (Lipinski definition) is 2. The zero-order chi connectivity index (χ0) is 11.9. The molecule has 1 unspecified atom stereocenters. The first-order valence-electron chi connectivity index (χ1n) is 5.20. The number of carbonyl (C=O) groups excluding carboxylic acids is 1. The molecule has 1 aliphatic rings. The van der Waals surface area contributed by atoms with Gasteiger partial charge >= 0.3 is 0 Å². The minimum Gasteiger partial charge on any atom is -0.396 e. The molecule has 6 nitrogen and oxygen atoms in total. The van der Waals surface area contributed by atoms with E-state index < -0.39 is 5.60 Å². The smallest absolute Gasteiger partial charge is 0.276 e. The zero-order valence-corrected chi connectivity index (χ0v) is 9.47. The highest BCUT2D eigenvalue weighted by atomic mass is 16.3. The van der Waals surface area contributed by atoms with Crippen LogP contribution in [0, 0.1) is 0 Å². The number of aromatic nitrogens is 2. The maximum Gasteiger partial charge on any atom is 0.276 e. The fourth-order valence-electron chi connectivity index (χ4n) is 1.94. The van der Waals surface area contributed by atoms with E-state index in [2.05, 4.69) is 5.10 Å². The van der Waals surface area contributed by atoms with Crippen molar-refractivity contribution in [2.75, 3.05) is 18.8 Å². The second-order valence-electron chi connectivity index (χ2n) is 4.58. The molecule has 1 atom stereocenters. The van der Waals surface area contributed by atoms with E-state index in [1.807, 2.05) is 0 Å². The molecular weight excluding hydrogens is 208 g/mol. The number of nitrogens with two attached hydrogens (primary N) is 1. The van der Waals surface area contributed by atoms with Crippen molar-refractivity contribution in [1.82, 2.24) is 14.7 Å². The maximum absolute atomic E-state index is 12.0. The molecule has 3 N–H and O–H groups in total. The van der Waals surface area contributed by atoms with Crippen LogP contribution in [0.15, 0.2) is 6.20 Å². The van der Waals surface area contributed by atoms with Crippen LogP contribution in [0.4, 0.5) is 5.69 Å². The molecule has 2 rings (SSSR count). The number of nitrogen functional groups attached to an aromatic ring is 1. The Labute approximate surface area is 93.6 Å². The molecule has 1 fully saturated rings. The summed E-state index contributed by atoms with van der Waals surface area (Å²) < 4.78 is 1.51. The SMILES string of the molecule is Cn1cc(N)c(C(=O)N2CCC(C)(O)C2)n1. The molecule has 88 valence electrons. The molecule has 0 aliphatic carbocycles. The van der Waals surface area contributed by atoms with Crippen LogP contribution in [0.2, 0.25) is 0 Å². The van der Waals surface area contributed by atoms with Crippen molar-refractivity contribution < 1.29 is 9.90 Å². The summed E-state index contributed by atoms with van der Waals surface area (Å²) in [6, 6.07) is 0. The highest BCUT2D eigenvalue weighted by molar-refractivity contribution is 5.97. The average Bonchev–Trinajstić information content (AvgIpc) is 2.68. The molecule has 0 bridgehead atoms. The lowest BCUT2D eigenvalue weighted by Crippen LogP contribution is -2.34. The molecule has 6 heteroatoms. The molecule has 16 heavy (non-hydrogen) atoms.